The van der Waals surface area contributed by atoms with Crippen LogP contribution in [0.4, 0.5) is 0 Å². The van der Waals surface area contributed by atoms with Gasteiger partial charge in [0, 0.05) is 12.5 Å². The van der Waals surface area contributed by atoms with Crippen LogP contribution in [0.15, 0.2) is 18.2 Å². The lowest BCUT2D eigenvalue weighted by molar-refractivity contribution is 0.406. The highest BCUT2D eigenvalue weighted by atomic mass is 16.5. The van der Waals surface area contributed by atoms with E-state index >= 15 is 0 Å². The Hall–Kier alpha value is -1.02. The second kappa shape index (κ2) is 4.01. The molecule has 1 N–H and O–H groups in total. The van der Waals surface area contributed by atoms with Gasteiger partial charge in [-0.3, -0.25) is 0 Å². The summed E-state index contributed by atoms with van der Waals surface area (Å²) in [4.78, 5) is 0. The van der Waals surface area contributed by atoms with Crippen molar-refractivity contribution in [2.75, 3.05) is 20.2 Å². The molecule has 2 rings (SSSR count). The second-order valence-corrected chi connectivity index (χ2v) is 3.94. The van der Waals surface area contributed by atoms with E-state index in [9.17, 15) is 0 Å². The first kappa shape index (κ1) is 9.53. The summed E-state index contributed by atoms with van der Waals surface area (Å²) < 4.78 is 5.41. The van der Waals surface area contributed by atoms with Crippen LogP contribution in [0.25, 0.3) is 0 Å². The van der Waals surface area contributed by atoms with E-state index in [1.165, 1.54) is 17.5 Å². The van der Waals surface area contributed by atoms with Crippen LogP contribution in [-0.4, -0.2) is 20.2 Å². The minimum absolute atomic E-state index is 0.630. The second-order valence-electron chi connectivity index (χ2n) is 3.94. The van der Waals surface area contributed by atoms with Crippen molar-refractivity contribution in [1.29, 1.82) is 0 Å². The number of ether oxygens (including phenoxy) is 1. The quantitative estimate of drug-likeness (QED) is 0.772. The highest BCUT2D eigenvalue weighted by molar-refractivity contribution is 5.40. The maximum absolute atomic E-state index is 5.41. The van der Waals surface area contributed by atoms with E-state index in [2.05, 4.69) is 30.4 Å². The Kier molecular flexibility index (Phi) is 2.73. The molecule has 0 unspecified atom stereocenters. The van der Waals surface area contributed by atoms with Gasteiger partial charge in [-0.05, 0) is 37.1 Å². The molecule has 0 radical (unpaired) electrons. The standard InChI is InChI=1S/C12H17NO/c1-9-3-4-11(12(7-9)14-2)10-5-6-13-8-10/h3-4,7,10,13H,5-6,8H2,1-2H3/t10-/m0/s1. The van der Waals surface area contributed by atoms with Gasteiger partial charge >= 0.3 is 0 Å². The van der Waals surface area contributed by atoms with Crippen molar-refractivity contribution in [1.82, 2.24) is 5.32 Å². The maximum atomic E-state index is 5.41. The molecule has 2 nitrogen and oxygen atoms in total. The van der Waals surface area contributed by atoms with Gasteiger partial charge in [0.2, 0.25) is 0 Å². The van der Waals surface area contributed by atoms with E-state index in [-0.39, 0.29) is 0 Å². The fourth-order valence-electron chi connectivity index (χ4n) is 2.08. The van der Waals surface area contributed by atoms with Crippen molar-refractivity contribution in [3.8, 4) is 5.75 Å². The Balaban J connectivity index is 2.31. The topological polar surface area (TPSA) is 21.3 Å². The molecule has 0 aromatic heterocycles. The van der Waals surface area contributed by atoms with E-state index < -0.39 is 0 Å². The molecule has 0 spiro atoms. The molecule has 2 heteroatoms. The van der Waals surface area contributed by atoms with E-state index in [0.29, 0.717) is 5.92 Å². The summed E-state index contributed by atoms with van der Waals surface area (Å²) in [7, 11) is 1.75. The molecule has 1 atom stereocenters. The molecule has 0 saturated carbocycles. The summed E-state index contributed by atoms with van der Waals surface area (Å²) in [5.74, 6) is 1.67. The summed E-state index contributed by atoms with van der Waals surface area (Å²) in [5, 5.41) is 3.38. The summed E-state index contributed by atoms with van der Waals surface area (Å²) in [6.07, 6.45) is 1.22. The monoisotopic (exact) mass is 191 g/mol. The fourth-order valence-corrected chi connectivity index (χ4v) is 2.08. The van der Waals surface area contributed by atoms with Crippen molar-refractivity contribution < 1.29 is 4.74 Å². The van der Waals surface area contributed by atoms with Crippen molar-refractivity contribution in [2.45, 2.75) is 19.3 Å². The number of hydrogen-bond acceptors (Lipinski definition) is 2. The summed E-state index contributed by atoms with van der Waals surface area (Å²) in [6, 6.07) is 6.48. The number of methoxy groups -OCH3 is 1. The minimum atomic E-state index is 0.630. The Morgan fingerprint density at radius 1 is 1.43 bits per heavy atom. The lowest BCUT2D eigenvalue weighted by Gasteiger charge is -2.14. The first-order valence-electron chi connectivity index (χ1n) is 5.16. The Bertz CT molecular complexity index is 316. The molecular formula is C12H17NO. The molecule has 14 heavy (non-hydrogen) atoms. The Labute approximate surface area is 85.3 Å². The first-order valence-corrected chi connectivity index (χ1v) is 5.16. The molecule has 76 valence electrons. The molecule has 1 heterocycles. The Morgan fingerprint density at radius 3 is 2.93 bits per heavy atom. The van der Waals surface area contributed by atoms with Crippen molar-refractivity contribution in [3.05, 3.63) is 29.3 Å². The number of rotatable bonds is 2. The van der Waals surface area contributed by atoms with Gasteiger partial charge in [-0.25, -0.2) is 0 Å². The predicted octanol–water partition coefficient (Wildman–Crippen LogP) is 2.08. The zero-order chi connectivity index (χ0) is 9.97. The third-order valence-corrected chi connectivity index (χ3v) is 2.89. The van der Waals surface area contributed by atoms with Gasteiger partial charge in [0.05, 0.1) is 7.11 Å². The smallest absolute Gasteiger partial charge is 0.122 e. The van der Waals surface area contributed by atoms with Gasteiger partial charge in [-0.15, -0.1) is 0 Å². The molecule has 1 saturated heterocycles. The minimum Gasteiger partial charge on any atom is -0.496 e. The highest BCUT2D eigenvalue weighted by Crippen LogP contribution is 2.31. The van der Waals surface area contributed by atoms with Gasteiger partial charge in [0.25, 0.3) is 0 Å². The number of benzene rings is 1. The molecule has 1 aromatic rings. The normalized spacial score (nSPS) is 21.1. The number of hydrogen-bond donors (Lipinski definition) is 1. The molecule has 1 aromatic carbocycles. The highest BCUT2D eigenvalue weighted by Gasteiger charge is 2.19. The summed E-state index contributed by atoms with van der Waals surface area (Å²) in [6.45, 7) is 4.31. The predicted molar refractivity (Wildman–Crippen MR) is 58.0 cm³/mol. The molecule has 1 aliphatic rings. The van der Waals surface area contributed by atoms with Gasteiger partial charge in [-0.2, -0.15) is 0 Å². The summed E-state index contributed by atoms with van der Waals surface area (Å²) >= 11 is 0. The number of aryl methyl sites for hydroxylation is 1. The SMILES string of the molecule is COc1cc(C)ccc1[C@H]1CCNC1. The molecule has 0 aliphatic carbocycles. The lowest BCUT2D eigenvalue weighted by Crippen LogP contribution is -2.08. The van der Waals surface area contributed by atoms with Gasteiger partial charge in [0.1, 0.15) is 5.75 Å². The van der Waals surface area contributed by atoms with Crippen LogP contribution in [0.3, 0.4) is 0 Å². The van der Waals surface area contributed by atoms with Crippen LogP contribution in [-0.2, 0) is 0 Å². The fraction of sp³-hybridized carbons (Fsp3) is 0.500. The van der Waals surface area contributed by atoms with Crippen LogP contribution in [0.5, 0.6) is 5.75 Å². The van der Waals surface area contributed by atoms with Crippen molar-refractivity contribution in [2.24, 2.45) is 0 Å². The Morgan fingerprint density at radius 2 is 2.29 bits per heavy atom. The average Bonchev–Trinajstić information content (AvgIpc) is 2.70. The first-order chi connectivity index (χ1) is 6.81. The molecular weight excluding hydrogens is 174 g/mol. The van der Waals surface area contributed by atoms with Crippen LogP contribution >= 0.6 is 0 Å². The van der Waals surface area contributed by atoms with E-state index in [4.69, 9.17) is 4.74 Å². The average molecular weight is 191 g/mol. The molecule has 0 amide bonds. The molecule has 1 aliphatic heterocycles. The molecule has 0 bridgehead atoms. The zero-order valence-corrected chi connectivity index (χ0v) is 8.84. The van der Waals surface area contributed by atoms with Gasteiger partial charge in [0.15, 0.2) is 0 Å². The lowest BCUT2D eigenvalue weighted by atomic mass is 9.96. The van der Waals surface area contributed by atoms with Crippen LogP contribution in [0, 0.1) is 6.92 Å². The number of nitrogens with one attached hydrogen (secondary N) is 1. The van der Waals surface area contributed by atoms with E-state index in [1.54, 1.807) is 7.11 Å². The third-order valence-electron chi connectivity index (χ3n) is 2.89. The van der Waals surface area contributed by atoms with Crippen LogP contribution in [0.2, 0.25) is 0 Å². The maximum Gasteiger partial charge on any atom is 0.122 e. The van der Waals surface area contributed by atoms with E-state index in [1.807, 2.05) is 0 Å². The van der Waals surface area contributed by atoms with Crippen molar-refractivity contribution >= 4 is 0 Å². The largest absolute Gasteiger partial charge is 0.496 e. The van der Waals surface area contributed by atoms with Crippen LogP contribution in [0.1, 0.15) is 23.5 Å². The molecule has 1 fully saturated rings. The summed E-state index contributed by atoms with van der Waals surface area (Å²) in [5.41, 5.74) is 2.61. The third kappa shape index (κ3) is 1.75. The van der Waals surface area contributed by atoms with Crippen LogP contribution < -0.4 is 10.1 Å². The van der Waals surface area contributed by atoms with E-state index in [0.717, 1.165) is 18.8 Å². The van der Waals surface area contributed by atoms with Gasteiger partial charge in [-0.1, -0.05) is 12.1 Å². The van der Waals surface area contributed by atoms with Crippen molar-refractivity contribution in [3.63, 3.8) is 0 Å². The zero-order valence-electron chi connectivity index (χ0n) is 8.84. The van der Waals surface area contributed by atoms with Gasteiger partial charge < -0.3 is 10.1 Å².